The van der Waals surface area contributed by atoms with Crippen molar-refractivity contribution in [3.8, 4) is 0 Å². The van der Waals surface area contributed by atoms with E-state index in [1.165, 1.54) is 11.5 Å². The first-order chi connectivity index (χ1) is 7.33. The topological polar surface area (TPSA) is 64.3 Å². The van der Waals surface area contributed by atoms with Crippen LogP contribution in [0.15, 0.2) is 0 Å². The minimum absolute atomic E-state index is 0.0420. The summed E-state index contributed by atoms with van der Waals surface area (Å²) in [5.74, 6) is 3.51. The Labute approximate surface area is 99.1 Å². The summed E-state index contributed by atoms with van der Waals surface area (Å²) in [6.07, 6.45) is 0. The van der Waals surface area contributed by atoms with Crippen molar-refractivity contribution in [2.45, 2.75) is 5.25 Å². The van der Waals surface area contributed by atoms with Crippen molar-refractivity contribution in [1.29, 1.82) is 0 Å². The number of hydrogen-bond donors (Lipinski definition) is 2. The summed E-state index contributed by atoms with van der Waals surface area (Å²) in [4.78, 5) is 11.3. The lowest BCUT2D eigenvalue weighted by molar-refractivity contribution is -0.125. The summed E-state index contributed by atoms with van der Waals surface area (Å²) >= 11 is 3.89. The quantitative estimate of drug-likeness (QED) is 0.646. The maximum Gasteiger partial charge on any atom is 0.246 e. The van der Waals surface area contributed by atoms with Crippen LogP contribution in [0.4, 0.5) is 0 Å². The largest absolute Gasteiger partial charge is 0.370 e. The fourth-order valence-electron chi connectivity index (χ4n) is 1.18. The molecular weight excluding hydrogens is 232 g/mol. The Morgan fingerprint density at radius 2 is 2.40 bits per heavy atom. The van der Waals surface area contributed by atoms with Gasteiger partial charge in [0.1, 0.15) is 6.61 Å². The summed E-state index contributed by atoms with van der Waals surface area (Å²) in [5, 5.41) is 3.43. The van der Waals surface area contributed by atoms with Gasteiger partial charge in [-0.15, -0.1) is 0 Å². The molecule has 0 aromatic heterocycles. The van der Waals surface area contributed by atoms with Crippen molar-refractivity contribution in [3.63, 3.8) is 0 Å². The maximum atomic E-state index is 11.3. The highest BCUT2D eigenvalue weighted by molar-refractivity contribution is 8.06. The summed E-state index contributed by atoms with van der Waals surface area (Å²) in [6, 6.07) is 0. The van der Waals surface area contributed by atoms with Crippen molar-refractivity contribution in [3.05, 3.63) is 0 Å². The lowest BCUT2D eigenvalue weighted by atomic mass is 10.4. The molecule has 1 unspecified atom stereocenters. The molecule has 1 atom stereocenters. The number of nitrogens with one attached hydrogen (secondary N) is 1. The van der Waals surface area contributed by atoms with Crippen LogP contribution in [-0.4, -0.2) is 54.7 Å². The molecule has 15 heavy (non-hydrogen) atoms. The summed E-state index contributed by atoms with van der Waals surface area (Å²) in [6.45, 7) is 1.79. The molecule has 3 N–H and O–H groups in total. The highest BCUT2D eigenvalue weighted by atomic mass is 32.2. The molecule has 1 aliphatic heterocycles. The second kappa shape index (κ2) is 8.27. The van der Waals surface area contributed by atoms with E-state index >= 15 is 0 Å². The second-order valence-electron chi connectivity index (χ2n) is 3.21. The fraction of sp³-hybridized carbons (Fsp3) is 0.889. The minimum Gasteiger partial charge on any atom is -0.370 e. The zero-order chi connectivity index (χ0) is 10.9. The lowest BCUT2D eigenvalue weighted by Gasteiger charge is -2.21. The predicted octanol–water partition coefficient (Wildman–Crippen LogP) is -0.0735. The molecule has 0 saturated carbocycles. The molecule has 0 bridgehead atoms. The molecule has 0 aromatic carbocycles. The minimum atomic E-state index is -0.0420. The summed E-state index contributed by atoms with van der Waals surface area (Å²) in [5.41, 5.74) is 5.24. The third kappa shape index (κ3) is 6.29. The van der Waals surface area contributed by atoms with Crippen molar-refractivity contribution in [1.82, 2.24) is 5.32 Å². The van der Waals surface area contributed by atoms with Gasteiger partial charge in [0, 0.05) is 35.6 Å². The molecule has 1 amide bonds. The van der Waals surface area contributed by atoms with Crippen LogP contribution < -0.4 is 11.1 Å². The first-order valence-electron chi connectivity index (χ1n) is 5.07. The van der Waals surface area contributed by atoms with Crippen LogP contribution in [0.25, 0.3) is 0 Å². The molecule has 4 nitrogen and oxygen atoms in total. The van der Waals surface area contributed by atoms with Gasteiger partial charge in [0.2, 0.25) is 5.91 Å². The number of carbonyl (C=O) groups excluding carboxylic acids is 1. The van der Waals surface area contributed by atoms with Crippen LogP contribution >= 0.6 is 23.5 Å². The molecule has 0 radical (unpaired) electrons. The molecule has 1 aliphatic rings. The Balaban J connectivity index is 2.00. The van der Waals surface area contributed by atoms with E-state index in [1.54, 1.807) is 0 Å². The molecule has 0 aliphatic carbocycles. The van der Waals surface area contributed by atoms with Gasteiger partial charge in [0.25, 0.3) is 0 Å². The van der Waals surface area contributed by atoms with Gasteiger partial charge in [-0.1, -0.05) is 0 Å². The van der Waals surface area contributed by atoms with Crippen LogP contribution in [0.3, 0.4) is 0 Å². The molecule has 1 heterocycles. The average molecular weight is 250 g/mol. The number of ether oxygens (including phenoxy) is 1. The number of nitrogens with two attached hydrogens (primary N) is 1. The van der Waals surface area contributed by atoms with Gasteiger partial charge < -0.3 is 15.8 Å². The van der Waals surface area contributed by atoms with Gasteiger partial charge in [-0.2, -0.15) is 23.5 Å². The van der Waals surface area contributed by atoms with Gasteiger partial charge >= 0.3 is 0 Å². The SMILES string of the molecule is NCCOCC(=O)NCC1CSCCS1. The Morgan fingerprint density at radius 1 is 1.53 bits per heavy atom. The molecule has 88 valence electrons. The zero-order valence-corrected chi connectivity index (χ0v) is 10.4. The van der Waals surface area contributed by atoms with E-state index in [0.29, 0.717) is 18.4 Å². The number of amides is 1. The molecule has 0 aromatic rings. The fourth-order valence-corrected chi connectivity index (χ4v) is 3.79. The summed E-state index contributed by atoms with van der Waals surface area (Å²) < 4.78 is 5.04. The van der Waals surface area contributed by atoms with Crippen LogP contribution in [-0.2, 0) is 9.53 Å². The Bertz CT molecular complexity index is 187. The van der Waals surface area contributed by atoms with Crippen molar-refractivity contribution < 1.29 is 9.53 Å². The third-order valence-electron chi connectivity index (χ3n) is 1.91. The van der Waals surface area contributed by atoms with Crippen molar-refractivity contribution in [2.75, 3.05) is 43.6 Å². The monoisotopic (exact) mass is 250 g/mol. The van der Waals surface area contributed by atoms with Crippen LogP contribution in [0.5, 0.6) is 0 Å². The standard InChI is InChI=1S/C9H18N2O2S2/c10-1-2-13-6-9(12)11-5-8-7-14-3-4-15-8/h8H,1-7,10H2,(H,11,12). The van der Waals surface area contributed by atoms with Crippen LogP contribution in [0, 0.1) is 0 Å². The van der Waals surface area contributed by atoms with E-state index in [2.05, 4.69) is 5.32 Å². The number of hydrogen-bond acceptors (Lipinski definition) is 5. The third-order valence-corrected chi connectivity index (χ3v) is 4.75. The molecule has 6 heteroatoms. The smallest absolute Gasteiger partial charge is 0.246 e. The van der Waals surface area contributed by atoms with E-state index in [1.807, 2.05) is 23.5 Å². The van der Waals surface area contributed by atoms with E-state index in [-0.39, 0.29) is 12.5 Å². The first-order valence-corrected chi connectivity index (χ1v) is 7.27. The van der Waals surface area contributed by atoms with Crippen molar-refractivity contribution in [2.24, 2.45) is 5.73 Å². The van der Waals surface area contributed by atoms with Gasteiger partial charge in [0.15, 0.2) is 0 Å². The van der Waals surface area contributed by atoms with Gasteiger partial charge in [0.05, 0.1) is 6.61 Å². The second-order valence-corrected chi connectivity index (χ2v) is 5.77. The van der Waals surface area contributed by atoms with E-state index in [0.717, 1.165) is 12.3 Å². The predicted molar refractivity (Wildman–Crippen MR) is 66.5 cm³/mol. The van der Waals surface area contributed by atoms with Crippen LogP contribution in [0.1, 0.15) is 0 Å². The van der Waals surface area contributed by atoms with E-state index in [4.69, 9.17) is 10.5 Å². The van der Waals surface area contributed by atoms with E-state index in [9.17, 15) is 4.79 Å². The first kappa shape index (κ1) is 13.2. The normalized spacial score (nSPS) is 21.3. The lowest BCUT2D eigenvalue weighted by Crippen LogP contribution is -2.35. The molecule has 1 rings (SSSR count). The van der Waals surface area contributed by atoms with Crippen molar-refractivity contribution >= 4 is 29.4 Å². The highest BCUT2D eigenvalue weighted by Gasteiger charge is 2.14. The maximum absolute atomic E-state index is 11.3. The Morgan fingerprint density at radius 3 is 3.07 bits per heavy atom. The molecule has 1 saturated heterocycles. The van der Waals surface area contributed by atoms with Gasteiger partial charge in [-0.05, 0) is 0 Å². The van der Waals surface area contributed by atoms with Crippen LogP contribution in [0.2, 0.25) is 0 Å². The zero-order valence-electron chi connectivity index (χ0n) is 8.74. The molecule has 1 fully saturated rings. The Hall–Kier alpha value is 0.0900. The van der Waals surface area contributed by atoms with Gasteiger partial charge in [-0.25, -0.2) is 0 Å². The number of rotatable bonds is 6. The molecule has 0 spiro atoms. The molecular formula is C9H18N2O2S2. The average Bonchev–Trinajstić information content (AvgIpc) is 2.28. The number of thioether (sulfide) groups is 2. The van der Waals surface area contributed by atoms with E-state index < -0.39 is 0 Å². The number of carbonyl (C=O) groups is 1. The Kier molecular flexibility index (Phi) is 7.25. The summed E-state index contributed by atoms with van der Waals surface area (Å²) in [7, 11) is 0. The van der Waals surface area contributed by atoms with Gasteiger partial charge in [-0.3, -0.25) is 4.79 Å². The highest BCUT2D eigenvalue weighted by Crippen LogP contribution is 2.23.